The van der Waals surface area contributed by atoms with Gasteiger partial charge in [-0.05, 0) is 45.0 Å². The van der Waals surface area contributed by atoms with Crippen molar-refractivity contribution in [2.75, 3.05) is 32.8 Å². The molecule has 2 rings (SSSR count). The summed E-state index contributed by atoms with van der Waals surface area (Å²) in [6, 6.07) is 7.43. The van der Waals surface area contributed by atoms with Crippen molar-refractivity contribution in [3.63, 3.8) is 0 Å². The van der Waals surface area contributed by atoms with E-state index in [2.05, 4.69) is 11.0 Å². The molecule has 20 heavy (non-hydrogen) atoms. The molecule has 0 N–H and O–H groups in total. The van der Waals surface area contributed by atoms with Crippen LogP contribution in [0.2, 0.25) is 0 Å². The molecular formula is C16H22N2O2. The molecule has 0 amide bonds. The van der Waals surface area contributed by atoms with Gasteiger partial charge in [0.05, 0.1) is 18.2 Å². The van der Waals surface area contributed by atoms with Gasteiger partial charge in [-0.2, -0.15) is 5.26 Å². The van der Waals surface area contributed by atoms with Crippen LogP contribution in [0, 0.1) is 11.3 Å². The summed E-state index contributed by atoms with van der Waals surface area (Å²) in [6.45, 7) is 6.45. The highest BCUT2D eigenvalue weighted by molar-refractivity contribution is 5.46. The van der Waals surface area contributed by atoms with Crippen LogP contribution in [0.15, 0.2) is 18.2 Å². The molecule has 1 saturated heterocycles. The first-order valence-corrected chi connectivity index (χ1v) is 7.35. The molecule has 0 spiro atoms. The standard InChI is InChI=1S/C16H22N2O2/c1-2-19-16-12-14(13-17)6-7-15(16)20-11-10-18-8-4-3-5-9-18/h6-7,12H,2-5,8-11H2,1H3. The third-order valence-electron chi connectivity index (χ3n) is 3.49. The van der Waals surface area contributed by atoms with E-state index in [1.807, 2.05) is 13.0 Å². The van der Waals surface area contributed by atoms with Crippen molar-refractivity contribution in [2.45, 2.75) is 26.2 Å². The summed E-state index contributed by atoms with van der Waals surface area (Å²) in [5.74, 6) is 1.38. The minimum atomic E-state index is 0.567. The van der Waals surface area contributed by atoms with Crippen molar-refractivity contribution < 1.29 is 9.47 Å². The molecule has 1 aliphatic rings. The van der Waals surface area contributed by atoms with Gasteiger partial charge >= 0.3 is 0 Å². The Morgan fingerprint density at radius 1 is 1.15 bits per heavy atom. The number of hydrogen-bond donors (Lipinski definition) is 0. The average molecular weight is 274 g/mol. The second-order valence-electron chi connectivity index (χ2n) is 4.96. The Kier molecular flexibility index (Phi) is 5.69. The second kappa shape index (κ2) is 7.76. The van der Waals surface area contributed by atoms with Gasteiger partial charge in [0.1, 0.15) is 6.61 Å². The number of ether oxygens (including phenoxy) is 2. The summed E-state index contributed by atoms with van der Waals surface area (Å²) in [6.07, 6.45) is 3.93. The molecule has 0 atom stereocenters. The van der Waals surface area contributed by atoms with Gasteiger partial charge in [-0.25, -0.2) is 0 Å². The molecule has 1 fully saturated rings. The molecule has 4 heteroatoms. The highest BCUT2D eigenvalue weighted by atomic mass is 16.5. The second-order valence-corrected chi connectivity index (χ2v) is 4.96. The zero-order chi connectivity index (χ0) is 14.2. The Bertz CT molecular complexity index is 462. The minimum Gasteiger partial charge on any atom is -0.490 e. The lowest BCUT2D eigenvalue weighted by Gasteiger charge is -2.26. The SMILES string of the molecule is CCOc1cc(C#N)ccc1OCCN1CCCCC1. The van der Waals surface area contributed by atoms with Gasteiger partial charge in [0.25, 0.3) is 0 Å². The molecule has 0 saturated carbocycles. The molecule has 0 radical (unpaired) electrons. The van der Waals surface area contributed by atoms with Crippen LogP contribution < -0.4 is 9.47 Å². The van der Waals surface area contributed by atoms with Crippen LogP contribution in [0.25, 0.3) is 0 Å². The fourth-order valence-electron chi connectivity index (χ4n) is 2.43. The Morgan fingerprint density at radius 3 is 2.65 bits per heavy atom. The van der Waals surface area contributed by atoms with Gasteiger partial charge in [-0.15, -0.1) is 0 Å². The van der Waals surface area contributed by atoms with E-state index in [-0.39, 0.29) is 0 Å². The first kappa shape index (κ1) is 14.7. The molecule has 1 aromatic carbocycles. The lowest BCUT2D eigenvalue weighted by Crippen LogP contribution is -2.33. The molecule has 0 aliphatic carbocycles. The number of piperidine rings is 1. The highest BCUT2D eigenvalue weighted by Crippen LogP contribution is 2.28. The molecule has 4 nitrogen and oxygen atoms in total. The van der Waals surface area contributed by atoms with E-state index in [0.717, 1.165) is 12.3 Å². The molecule has 0 unspecified atom stereocenters. The maximum absolute atomic E-state index is 8.91. The maximum Gasteiger partial charge on any atom is 0.162 e. The number of benzene rings is 1. The van der Waals surface area contributed by atoms with Gasteiger partial charge < -0.3 is 9.47 Å². The van der Waals surface area contributed by atoms with Gasteiger partial charge in [0.15, 0.2) is 11.5 Å². The first-order chi connectivity index (χ1) is 9.83. The summed E-state index contributed by atoms with van der Waals surface area (Å²) in [7, 11) is 0. The molecule has 1 heterocycles. The highest BCUT2D eigenvalue weighted by Gasteiger charge is 2.11. The van der Waals surface area contributed by atoms with Crippen molar-refractivity contribution in [1.29, 1.82) is 5.26 Å². The molecule has 0 bridgehead atoms. The van der Waals surface area contributed by atoms with E-state index in [4.69, 9.17) is 14.7 Å². The van der Waals surface area contributed by atoms with Crippen molar-refractivity contribution in [3.05, 3.63) is 23.8 Å². The molecule has 1 aliphatic heterocycles. The molecule has 1 aromatic rings. The van der Waals surface area contributed by atoms with E-state index < -0.39 is 0 Å². The molecule has 0 aromatic heterocycles. The van der Waals surface area contributed by atoms with Crippen LogP contribution in [0.3, 0.4) is 0 Å². The van der Waals surface area contributed by atoms with E-state index in [1.54, 1.807) is 12.1 Å². The monoisotopic (exact) mass is 274 g/mol. The van der Waals surface area contributed by atoms with Crippen LogP contribution in [0.1, 0.15) is 31.7 Å². The first-order valence-electron chi connectivity index (χ1n) is 7.35. The van der Waals surface area contributed by atoms with E-state index in [0.29, 0.717) is 24.5 Å². The fraction of sp³-hybridized carbons (Fsp3) is 0.562. The Balaban J connectivity index is 1.89. The predicted octanol–water partition coefficient (Wildman–Crippen LogP) is 2.82. The summed E-state index contributed by atoms with van der Waals surface area (Å²) in [5, 5.41) is 8.91. The number of hydrogen-bond acceptors (Lipinski definition) is 4. The summed E-state index contributed by atoms with van der Waals surface area (Å²) < 4.78 is 11.3. The van der Waals surface area contributed by atoms with Crippen LogP contribution in [-0.2, 0) is 0 Å². The van der Waals surface area contributed by atoms with Gasteiger partial charge in [0, 0.05) is 12.6 Å². The fourth-order valence-corrected chi connectivity index (χ4v) is 2.43. The van der Waals surface area contributed by atoms with Crippen molar-refractivity contribution in [3.8, 4) is 17.6 Å². The maximum atomic E-state index is 8.91. The van der Waals surface area contributed by atoms with E-state index >= 15 is 0 Å². The van der Waals surface area contributed by atoms with Crippen molar-refractivity contribution in [1.82, 2.24) is 4.90 Å². The lowest BCUT2D eigenvalue weighted by molar-refractivity contribution is 0.179. The lowest BCUT2D eigenvalue weighted by atomic mass is 10.1. The number of nitrogens with zero attached hydrogens (tertiary/aromatic N) is 2. The third kappa shape index (κ3) is 4.14. The molecule has 108 valence electrons. The number of rotatable bonds is 6. The zero-order valence-corrected chi connectivity index (χ0v) is 12.1. The van der Waals surface area contributed by atoms with E-state index in [9.17, 15) is 0 Å². The van der Waals surface area contributed by atoms with E-state index in [1.165, 1.54) is 32.4 Å². The quantitative estimate of drug-likeness (QED) is 0.800. The normalized spacial score (nSPS) is 15.6. The zero-order valence-electron chi connectivity index (χ0n) is 12.1. The van der Waals surface area contributed by atoms with Crippen LogP contribution >= 0.6 is 0 Å². The van der Waals surface area contributed by atoms with Gasteiger partial charge in [-0.3, -0.25) is 4.90 Å². The third-order valence-corrected chi connectivity index (χ3v) is 3.49. The summed E-state index contributed by atoms with van der Waals surface area (Å²) in [4.78, 5) is 2.44. The Hall–Kier alpha value is -1.73. The summed E-state index contributed by atoms with van der Waals surface area (Å²) in [5.41, 5.74) is 0.594. The average Bonchev–Trinajstić information content (AvgIpc) is 2.50. The predicted molar refractivity (Wildman–Crippen MR) is 78.1 cm³/mol. The molecular weight excluding hydrogens is 252 g/mol. The van der Waals surface area contributed by atoms with Crippen LogP contribution in [-0.4, -0.2) is 37.7 Å². The number of nitriles is 1. The van der Waals surface area contributed by atoms with Crippen LogP contribution in [0.5, 0.6) is 11.5 Å². The Labute approximate surface area is 120 Å². The largest absolute Gasteiger partial charge is 0.490 e. The van der Waals surface area contributed by atoms with Crippen molar-refractivity contribution in [2.24, 2.45) is 0 Å². The Morgan fingerprint density at radius 2 is 1.95 bits per heavy atom. The van der Waals surface area contributed by atoms with Crippen molar-refractivity contribution >= 4 is 0 Å². The van der Waals surface area contributed by atoms with Gasteiger partial charge in [0.2, 0.25) is 0 Å². The number of likely N-dealkylation sites (tertiary alicyclic amines) is 1. The smallest absolute Gasteiger partial charge is 0.162 e. The minimum absolute atomic E-state index is 0.567. The van der Waals surface area contributed by atoms with Gasteiger partial charge in [-0.1, -0.05) is 6.42 Å². The topological polar surface area (TPSA) is 45.5 Å². The summed E-state index contributed by atoms with van der Waals surface area (Å²) >= 11 is 0. The van der Waals surface area contributed by atoms with Crippen LogP contribution in [0.4, 0.5) is 0 Å².